The van der Waals surface area contributed by atoms with Gasteiger partial charge < -0.3 is 19.4 Å². The van der Waals surface area contributed by atoms with E-state index in [2.05, 4.69) is 29.0 Å². The summed E-state index contributed by atoms with van der Waals surface area (Å²) in [6.07, 6.45) is 5.95. The van der Waals surface area contributed by atoms with E-state index < -0.39 is 5.97 Å². The standard InChI is InChI=1S/C28H33ClN4O4S2/c1-5-12-33-23(7-6-13-37-21-11-9-19(29)15-18(21)3)31-32-28(33)38-16-24(34)30-26-25(27(35)36-4)20-10-8-17(2)14-22(20)39-26/h5,9,11,15,17H,1,6-8,10,12-14,16H2,2-4H3,(H,30,34). The normalized spacial score (nSPS) is 14.5. The fourth-order valence-corrected chi connectivity index (χ4v) is 6.97. The van der Waals surface area contributed by atoms with Crippen molar-refractivity contribution in [3.8, 4) is 5.75 Å². The first-order chi connectivity index (χ1) is 18.8. The average Bonchev–Trinajstić information content (AvgIpc) is 3.46. The number of hydrogen-bond donors (Lipinski definition) is 1. The number of nitrogens with one attached hydrogen (secondary N) is 1. The van der Waals surface area contributed by atoms with Crippen LogP contribution in [-0.2, 0) is 35.3 Å². The highest BCUT2D eigenvalue weighted by molar-refractivity contribution is 7.99. The number of carbonyl (C=O) groups is 2. The minimum atomic E-state index is -0.407. The Labute approximate surface area is 242 Å². The van der Waals surface area contributed by atoms with Gasteiger partial charge in [0, 0.05) is 22.9 Å². The van der Waals surface area contributed by atoms with Gasteiger partial charge in [0.2, 0.25) is 5.91 Å². The predicted molar refractivity (Wildman–Crippen MR) is 156 cm³/mol. The van der Waals surface area contributed by atoms with Gasteiger partial charge in [0.05, 0.1) is 25.0 Å². The molecule has 0 radical (unpaired) electrons. The first-order valence-electron chi connectivity index (χ1n) is 12.9. The molecule has 0 fully saturated rings. The van der Waals surface area contributed by atoms with Crippen molar-refractivity contribution < 1.29 is 19.1 Å². The molecule has 11 heteroatoms. The molecule has 3 aromatic rings. The van der Waals surface area contributed by atoms with Crippen LogP contribution in [0, 0.1) is 12.8 Å². The van der Waals surface area contributed by atoms with E-state index >= 15 is 0 Å². The molecule has 1 N–H and O–H groups in total. The van der Waals surface area contributed by atoms with E-state index in [9.17, 15) is 9.59 Å². The highest BCUT2D eigenvalue weighted by atomic mass is 35.5. The van der Waals surface area contributed by atoms with Gasteiger partial charge in [-0.25, -0.2) is 4.79 Å². The third kappa shape index (κ3) is 7.23. The SMILES string of the molecule is C=CCn1c(CCCOc2ccc(Cl)cc2C)nnc1SCC(=O)Nc1sc2c(c1C(=O)OC)CCC(C)C2. The van der Waals surface area contributed by atoms with Gasteiger partial charge in [0.1, 0.15) is 16.6 Å². The number of methoxy groups -OCH3 is 1. The molecule has 1 aliphatic rings. The summed E-state index contributed by atoms with van der Waals surface area (Å²) in [5.74, 6) is 1.69. The van der Waals surface area contributed by atoms with E-state index in [0.717, 1.165) is 53.3 Å². The summed E-state index contributed by atoms with van der Waals surface area (Å²) in [4.78, 5) is 26.6. The van der Waals surface area contributed by atoms with Crippen molar-refractivity contribution in [2.24, 2.45) is 5.92 Å². The second-order valence-electron chi connectivity index (χ2n) is 9.54. The van der Waals surface area contributed by atoms with Crippen LogP contribution in [0.2, 0.25) is 5.02 Å². The first kappa shape index (κ1) is 29.2. The summed E-state index contributed by atoms with van der Waals surface area (Å²) in [6.45, 7) is 9.08. The third-order valence-corrected chi connectivity index (χ3v) is 8.90. The third-order valence-electron chi connectivity index (χ3n) is 6.53. The lowest BCUT2D eigenvalue weighted by atomic mass is 9.88. The molecular weight excluding hydrogens is 556 g/mol. The Hall–Kier alpha value is -2.82. The number of fused-ring (bicyclic) bond motifs is 1. The van der Waals surface area contributed by atoms with Crippen LogP contribution in [0.25, 0.3) is 0 Å². The molecule has 2 aromatic heterocycles. The molecule has 1 aromatic carbocycles. The summed E-state index contributed by atoms with van der Waals surface area (Å²) in [7, 11) is 1.37. The maximum atomic E-state index is 12.9. The van der Waals surface area contributed by atoms with Crippen LogP contribution in [0.3, 0.4) is 0 Å². The second-order valence-corrected chi connectivity index (χ2v) is 12.0. The number of hydrogen-bond acceptors (Lipinski definition) is 8. The van der Waals surface area contributed by atoms with E-state index in [1.165, 1.54) is 30.2 Å². The Morgan fingerprint density at radius 1 is 1.36 bits per heavy atom. The number of ether oxygens (including phenoxy) is 2. The van der Waals surface area contributed by atoms with Gasteiger partial charge in [-0.3, -0.25) is 4.79 Å². The number of nitrogens with zero attached hydrogens (tertiary/aromatic N) is 3. The molecule has 1 atom stereocenters. The lowest BCUT2D eigenvalue weighted by molar-refractivity contribution is -0.113. The van der Waals surface area contributed by atoms with E-state index in [1.54, 1.807) is 6.08 Å². The zero-order chi connectivity index (χ0) is 27.9. The summed E-state index contributed by atoms with van der Waals surface area (Å²) >= 11 is 8.80. The number of anilines is 1. The molecule has 1 unspecified atom stereocenters. The Bertz CT molecular complexity index is 1350. The molecule has 0 spiro atoms. The Kier molecular flexibility index (Phi) is 10.1. The molecule has 4 rings (SSSR count). The lowest BCUT2D eigenvalue weighted by Gasteiger charge is -2.18. The first-order valence-corrected chi connectivity index (χ1v) is 15.1. The van der Waals surface area contributed by atoms with Gasteiger partial charge in [0.15, 0.2) is 5.16 Å². The van der Waals surface area contributed by atoms with Crippen LogP contribution in [0.1, 0.15) is 52.0 Å². The van der Waals surface area contributed by atoms with E-state index in [0.29, 0.717) is 46.2 Å². The number of carbonyl (C=O) groups excluding carboxylic acids is 2. The van der Waals surface area contributed by atoms with Crippen molar-refractivity contribution in [3.05, 3.63) is 63.3 Å². The highest BCUT2D eigenvalue weighted by Crippen LogP contribution is 2.40. The number of allylic oxidation sites excluding steroid dienone is 1. The summed E-state index contributed by atoms with van der Waals surface area (Å²) in [6, 6.07) is 5.56. The molecule has 208 valence electrons. The molecule has 1 aliphatic carbocycles. The van der Waals surface area contributed by atoms with Crippen molar-refractivity contribution in [2.75, 3.05) is 24.8 Å². The fraction of sp³-hybridized carbons (Fsp3) is 0.429. The van der Waals surface area contributed by atoms with Crippen molar-refractivity contribution in [2.45, 2.75) is 57.7 Å². The summed E-state index contributed by atoms with van der Waals surface area (Å²) < 4.78 is 12.9. The van der Waals surface area contributed by atoms with Crippen LogP contribution < -0.4 is 10.1 Å². The van der Waals surface area contributed by atoms with Gasteiger partial charge in [-0.2, -0.15) is 0 Å². The number of esters is 1. The molecule has 0 bridgehead atoms. The zero-order valence-corrected chi connectivity index (χ0v) is 24.8. The van der Waals surface area contributed by atoms with E-state index in [-0.39, 0.29) is 11.7 Å². The van der Waals surface area contributed by atoms with Crippen LogP contribution in [-0.4, -0.2) is 46.1 Å². The molecule has 8 nitrogen and oxygen atoms in total. The number of thiophene rings is 1. The molecule has 2 heterocycles. The molecule has 1 amide bonds. The van der Waals surface area contributed by atoms with Gasteiger partial charge in [-0.15, -0.1) is 28.1 Å². The fourth-order valence-electron chi connectivity index (χ4n) is 4.56. The average molecular weight is 589 g/mol. The highest BCUT2D eigenvalue weighted by Gasteiger charge is 2.29. The number of aromatic nitrogens is 3. The molecule has 0 saturated heterocycles. The van der Waals surface area contributed by atoms with E-state index in [1.807, 2.05) is 29.7 Å². The molecule has 39 heavy (non-hydrogen) atoms. The number of halogens is 1. The Morgan fingerprint density at radius 3 is 2.92 bits per heavy atom. The maximum absolute atomic E-state index is 12.9. The van der Waals surface area contributed by atoms with Gasteiger partial charge in [-0.1, -0.05) is 36.4 Å². The largest absolute Gasteiger partial charge is 0.493 e. The summed E-state index contributed by atoms with van der Waals surface area (Å²) in [5.41, 5.74) is 2.50. The number of thioether (sulfide) groups is 1. The van der Waals surface area contributed by atoms with Crippen LogP contribution >= 0.6 is 34.7 Å². The second kappa shape index (κ2) is 13.5. The molecule has 0 saturated carbocycles. The van der Waals surface area contributed by atoms with Crippen LogP contribution in [0.5, 0.6) is 5.75 Å². The molecular formula is C28H33ClN4O4S2. The predicted octanol–water partition coefficient (Wildman–Crippen LogP) is 6.14. The molecule has 0 aliphatic heterocycles. The quantitative estimate of drug-likeness (QED) is 0.117. The van der Waals surface area contributed by atoms with Crippen molar-refractivity contribution in [1.82, 2.24) is 14.8 Å². The topological polar surface area (TPSA) is 95.3 Å². The summed E-state index contributed by atoms with van der Waals surface area (Å²) in [5, 5.41) is 13.5. The maximum Gasteiger partial charge on any atom is 0.341 e. The lowest BCUT2D eigenvalue weighted by Crippen LogP contribution is -2.17. The minimum Gasteiger partial charge on any atom is -0.493 e. The van der Waals surface area contributed by atoms with Crippen molar-refractivity contribution >= 4 is 51.6 Å². The number of amides is 1. The smallest absolute Gasteiger partial charge is 0.341 e. The van der Waals surface area contributed by atoms with Crippen molar-refractivity contribution in [1.29, 1.82) is 0 Å². The minimum absolute atomic E-state index is 0.133. The monoisotopic (exact) mass is 588 g/mol. The Morgan fingerprint density at radius 2 is 2.18 bits per heavy atom. The van der Waals surface area contributed by atoms with E-state index in [4.69, 9.17) is 21.1 Å². The van der Waals surface area contributed by atoms with Gasteiger partial charge >= 0.3 is 5.97 Å². The van der Waals surface area contributed by atoms with Crippen LogP contribution in [0.4, 0.5) is 5.00 Å². The Balaban J connectivity index is 1.35. The number of benzene rings is 1. The van der Waals surface area contributed by atoms with Crippen molar-refractivity contribution in [3.63, 3.8) is 0 Å². The zero-order valence-electron chi connectivity index (χ0n) is 22.4. The number of rotatable bonds is 12. The van der Waals surface area contributed by atoms with Gasteiger partial charge in [-0.05, 0) is 67.9 Å². The van der Waals surface area contributed by atoms with Gasteiger partial charge in [0.25, 0.3) is 0 Å². The van der Waals surface area contributed by atoms with Crippen LogP contribution in [0.15, 0.2) is 36.0 Å². The number of aryl methyl sites for hydroxylation is 2.